The molecular weight excluding hydrogens is 389 g/mol. The van der Waals surface area contributed by atoms with E-state index in [9.17, 15) is 9.90 Å². The van der Waals surface area contributed by atoms with Crippen LogP contribution in [0.1, 0.15) is 27.2 Å². The number of carbonyl (C=O) groups is 1. The monoisotopic (exact) mass is 405 g/mol. The number of nitrogens with zero attached hydrogens (tertiary/aromatic N) is 1. The van der Waals surface area contributed by atoms with Crippen molar-refractivity contribution >= 4 is 38.1 Å². The van der Waals surface area contributed by atoms with Crippen molar-refractivity contribution in [3.63, 3.8) is 0 Å². The van der Waals surface area contributed by atoms with Crippen LogP contribution in [0, 0.1) is 6.92 Å². The molecule has 2 aromatic carbocycles. The van der Waals surface area contributed by atoms with E-state index in [-0.39, 0.29) is 46.7 Å². The third kappa shape index (κ3) is 4.87. The first-order valence-electron chi connectivity index (χ1n) is 8.01. The topological polar surface area (TPSA) is 107 Å². The van der Waals surface area contributed by atoms with Gasteiger partial charge in [0, 0.05) is 22.8 Å². The number of aryl methyl sites for hydroxylation is 1. The Labute approximate surface area is 185 Å². The van der Waals surface area contributed by atoms with Gasteiger partial charge in [0.15, 0.2) is 5.78 Å². The van der Waals surface area contributed by atoms with Crippen molar-refractivity contribution in [2.75, 3.05) is 6.26 Å². The normalized spacial score (nSPS) is 12.9. The first-order valence-corrected chi connectivity index (χ1v) is 9.83. The van der Waals surface area contributed by atoms with Gasteiger partial charge in [-0.25, -0.2) is 13.4 Å². The van der Waals surface area contributed by atoms with Gasteiger partial charge in [-0.2, -0.15) is 0 Å². The van der Waals surface area contributed by atoms with Crippen molar-refractivity contribution in [2.45, 2.75) is 6.92 Å². The van der Waals surface area contributed by atoms with Gasteiger partial charge in [0.1, 0.15) is 5.76 Å². The number of pyridine rings is 1. The molecule has 1 aliphatic carbocycles. The number of hydrogen-bond donors (Lipinski definition) is 1. The van der Waals surface area contributed by atoms with Crippen molar-refractivity contribution in [3.05, 3.63) is 77.0 Å². The van der Waals surface area contributed by atoms with Crippen LogP contribution in [-0.2, 0) is 10.1 Å². The summed E-state index contributed by atoms with van der Waals surface area (Å²) in [6.45, 7) is 2.03. The molecule has 1 N–H and O–H groups in total. The summed E-state index contributed by atoms with van der Waals surface area (Å²) < 4.78 is 27.2. The van der Waals surface area contributed by atoms with E-state index >= 15 is 0 Å². The number of aliphatic hydroxyl groups excluding tert-OH is 1. The molecule has 8 heteroatoms. The minimum Gasteiger partial charge on any atom is -0.748 e. The molecule has 0 bridgehead atoms. The molecule has 1 aromatic heterocycles. The molecule has 0 saturated carbocycles. The van der Waals surface area contributed by atoms with Gasteiger partial charge in [0.05, 0.1) is 26.9 Å². The van der Waals surface area contributed by atoms with Crippen molar-refractivity contribution < 1.29 is 52.4 Å². The first-order chi connectivity index (χ1) is 12.6. The fraction of sp³-hybridized carbons (Fsp3) is 0.100. The number of fused-ring (bicyclic) bond motifs is 2. The molecule has 138 valence electrons. The van der Waals surface area contributed by atoms with Gasteiger partial charge in [0.2, 0.25) is 0 Å². The molecule has 0 fully saturated rings. The van der Waals surface area contributed by atoms with E-state index in [0.29, 0.717) is 23.1 Å². The van der Waals surface area contributed by atoms with E-state index in [1.54, 1.807) is 24.3 Å². The second-order valence-corrected chi connectivity index (χ2v) is 7.60. The van der Waals surface area contributed by atoms with E-state index in [4.69, 9.17) is 13.0 Å². The molecule has 1 aliphatic rings. The van der Waals surface area contributed by atoms with Crippen LogP contribution in [0.25, 0.3) is 22.2 Å². The van der Waals surface area contributed by atoms with Gasteiger partial charge in [-0.3, -0.25) is 4.79 Å². The standard InChI is InChI=1S/C19H13NO2.CH4O3S.Na/c1-11-6-8-15-12(10-11)7-9-16(20-15)17-18(21)13-4-2-3-5-14(13)19(17)22;1-5(2,3)4;/h2-10,21H,1H3;1H3,(H,2,3,4);/q;;+1/p-1. The molecule has 0 aliphatic heterocycles. The molecule has 0 atom stereocenters. The van der Waals surface area contributed by atoms with Crippen LogP contribution in [0.5, 0.6) is 0 Å². The number of carbonyl (C=O) groups excluding carboxylic acids is 1. The number of allylic oxidation sites excluding steroid dienone is 1. The molecule has 28 heavy (non-hydrogen) atoms. The van der Waals surface area contributed by atoms with Gasteiger partial charge in [-0.05, 0) is 25.1 Å². The minimum absolute atomic E-state index is 0. The van der Waals surface area contributed by atoms with Crippen molar-refractivity contribution in [2.24, 2.45) is 0 Å². The van der Waals surface area contributed by atoms with E-state index in [1.165, 1.54) is 0 Å². The van der Waals surface area contributed by atoms with Crippen LogP contribution in [0.4, 0.5) is 0 Å². The summed E-state index contributed by atoms with van der Waals surface area (Å²) in [4.78, 5) is 17.1. The third-order valence-electron chi connectivity index (χ3n) is 3.99. The number of hydrogen-bond acceptors (Lipinski definition) is 6. The van der Waals surface area contributed by atoms with Gasteiger partial charge < -0.3 is 9.66 Å². The number of Topliss-reactive ketones (excluding diaryl/α,β-unsaturated/α-hetero) is 1. The quantitative estimate of drug-likeness (QED) is 0.462. The fourth-order valence-corrected chi connectivity index (χ4v) is 2.89. The Morgan fingerprint density at radius 3 is 2.21 bits per heavy atom. The van der Waals surface area contributed by atoms with Crippen LogP contribution < -0.4 is 29.6 Å². The van der Waals surface area contributed by atoms with Gasteiger partial charge in [-0.1, -0.05) is 42.0 Å². The summed E-state index contributed by atoms with van der Waals surface area (Å²) in [5, 5.41) is 11.4. The van der Waals surface area contributed by atoms with E-state index in [1.807, 2.05) is 37.3 Å². The molecule has 4 rings (SSSR count). The Kier molecular flexibility index (Phi) is 6.80. The third-order valence-corrected chi connectivity index (χ3v) is 3.99. The molecule has 0 amide bonds. The number of ketones is 1. The Bertz CT molecular complexity index is 1190. The summed E-state index contributed by atoms with van der Waals surface area (Å²) in [5.41, 5.74) is 3.87. The Balaban J connectivity index is 0.000000420. The van der Waals surface area contributed by atoms with Crippen LogP contribution in [0.2, 0.25) is 0 Å². The fourth-order valence-electron chi connectivity index (χ4n) is 2.89. The molecule has 0 saturated heterocycles. The minimum atomic E-state index is -3.92. The Morgan fingerprint density at radius 2 is 1.61 bits per heavy atom. The number of benzene rings is 2. The zero-order chi connectivity index (χ0) is 19.8. The number of aromatic nitrogens is 1. The Morgan fingerprint density at radius 1 is 1.00 bits per heavy atom. The van der Waals surface area contributed by atoms with Crippen LogP contribution in [-0.4, -0.2) is 35.1 Å². The van der Waals surface area contributed by atoms with Crippen LogP contribution in [0.15, 0.2) is 54.6 Å². The molecule has 0 spiro atoms. The number of aliphatic hydroxyl groups is 1. The number of rotatable bonds is 1. The predicted molar refractivity (Wildman–Crippen MR) is 102 cm³/mol. The summed E-state index contributed by atoms with van der Waals surface area (Å²) in [5.74, 6) is -0.161. The Hall–Kier alpha value is -2.03. The van der Waals surface area contributed by atoms with Gasteiger partial charge >= 0.3 is 29.6 Å². The molecule has 0 unspecified atom stereocenters. The summed E-state index contributed by atoms with van der Waals surface area (Å²) in [7, 11) is -3.92. The van der Waals surface area contributed by atoms with Crippen LogP contribution in [0.3, 0.4) is 0 Å². The summed E-state index contributed by atoms with van der Waals surface area (Å²) in [6.07, 6.45) is 0.604. The largest absolute Gasteiger partial charge is 1.00 e. The van der Waals surface area contributed by atoms with Crippen LogP contribution >= 0.6 is 0 Å². The second kappa shape index (κ2) is 8.55. The van der Waals surface area contributed by atoms with Gasteiger partial charge in [-0.15, -0.1) is 0 Å². The summed E-state index contributed by atoms with van der Waals surface area (Å²) >= 11 is 0. The molecular formula is C20H16NNaO5S. The zero-order valence-electron chi connectivity index (χ0n) is 15.6. The average molecular weight is 405 g/mol. The van der Waals surface area contributed by atoms with Crippen molar-refractivity contribution in [1.82, 2.24) is 4.98 Å². The maximum Gasteiger partial charge on any atom is 1.00 e. The molecule has 1 heterocycles. The van der Waals surface area contributed by atoms with Gasteiger partial charge in [0.25, 0.3) is 0 Å². The van der Waals surface area contributed by atoms with E-state index in [2.05, 4.69) is 4.98 Å². The molecule has 3 aromatic rings. The maximum absolute atomic E-state index is 12.5. The smallest absolute Gasteiger partial charge is 0.748 e. The maximum atomic E-state index is 12.5. The van der Waals surface area contributed by atoms with Crippen molar-refractivity contribution in [3.8, 4) is 0 Å². The second-order valence-electron chi connectivity index (χ2n) is 6.20. The summed E-state index contributed by atoms with van der Waals surface area (Å²) in [6, 6.07) is 16.8. The predicted octanol–water partition coefficient (Wildman–Crippen LogP) is 0.331. The zero-order valence-corrected chi connectivity index (χ0v) is 18.4. The SMILES string of the molecule is CS(=O)(=O)[O-].Cc1ccc2nc(C3=C(O)c4ccccc4C3=O)ccc2c1.[Na+]. The molecule has 0 radical (unpaired) electrons. The molecule has 6 nitrogen and oxygen atoms in total. The van der Waals surface area contributed by atoms with E-state index < -0.39 is 10.1 Å². The van der Waals surface area contributed by atoms with E-state index in [0.717, 1.165) is 16.5 Å². The van der Waals surface area contributed by atoms with Crippen molar-refractivity contribution in [1.29, 1.82) is 0 Å². The average Bonchev–Trinajstić information content (AvgIpc) is 2.85. The first kappa shape index (κ1) is 22.3.